The van der Waals surface area contributed by atoms with Crippen LogP contribution < -0.4 is 4.90 Å². The predicted molar refractivity (Wildman–Crippen MR) is 57.4 cm³/mol. The second-order valence-corrected chi connectivity index (χ2v) is 3.38. The van der Waals surface area contributed by atoms with Crippen LogP contribution in [0.2, 0.25) is 0 Å². The lowest BCUT2D eigenvalue weighted by Crippen LogP contribution is -2.22. The normalized spacial score (nSPS) is 12.6. The van der Waals surface area contributed by atoms with Gasteiger partial charge in [-0.2, -0.15) is 0 Å². The number of rotatable bonds is 4. The molecule has 0 aromatic heterocycles. The lowest BCUT2D eigenvalue weighted by Gasteiger charge is -2.22. The Balaban J connectivity index is 2.94. The van der Waals surface area contributed by atoms with Crippen molar-refractivity contribution in [2.24, 2.45) is 0 Å². The summed E-state index contributed by atoms with van der Waals surface area (Å²) in [6.45, 7) is 2.43. The molecular weight excluding hydrogens is 178 g/mol. The highest BCUT2D eigenvalue weighted by atomic mass is 16.3. The third-order valence-corrected chi connectivity index (χ3v) is 2.23. The fraction of sp³-hybridized carbons (Fsp3) is 0.455. The van der Waals surface area contributed by atoms with Crippen LogP contribution in [0.3, 0.4) is 0 Å². The number of hydrogen-bond acceptors (Lipinski definition) is 3. The van der Waals surface area contributed by atoms with Crippen LogP contribution in [-0.2, 0) is 0 Å². The summed E-state index contributed by atoms with van der Waals surface area (Å²) < 4.78 is 0. The Morgan fingerprint density at radius 2 is 2.00 bits per heavy atom. The van der Waals surface area contributed by atoms with Crippen molar-refractivity contribution < 1.29 is 10.2 Å². The summed E-state index contributed by atoms with van der Waals surface area (Å²) in [5.74, 6) is 0. The molecule has 3 nitrogen and oxygen atoms in total. The molecule has 0 bridgehead atoms. The van der Waals surface area contributed by atoms with Gasteiger partial charge in [-0.15, -0.1) is 0 Å². The van der Waals surface area contributed by atoms with Gasteiger partial charge in [0.25, 0.3) is 0 Å². The largest absolute Gasteiger partial charge is 0.395 e. The monoisotopic (exact) mass is 195 g/mol. The Morgan fingerprint density at radius 1 is 1.36 bits per heavy atom. The van der Waals surface area contributed by atoms with Gasteiger partial charge in [0, 0.05) is 24.8 Å². The molecule has 0 radical (unpaired) electrons. The molecule has 3 heteroatoms. The number of para-hydroxylation sites is 1. The molecule has 14 heavy (non-hydrogen) atoms. The van der Waals surface area contributed by atoms with Crippen molar-refractivity contribution in [2.45, 2.75) is 13.0 Å². The van der Waals surface area contributed by atoms with Crippen LogP contribution in [0.1, 0.15) is 18.6 Å². The van der Waals surface area contributed by atoms with Gasteiger partial charge >= 0.3 is 0 Å². The molecule has 0 aliphatic heterocycles. The molecule has 1 atom stereocenters. The maximum absolute atomic E-state index is 9.53. The Morgan fingerprint density at radius 3 is 2.57 bits per heavy atom. The molecule has 0 fully saturated rings. The molecule has 0 amide bonds. The Hall–Kier alpha value is -1.06. The summed E-state index contributed by atoms with van der Waals surface area (Å²) in [4.78, 5) is 1.93. The zero-order valence-corrected chi connectivity index (χ0v) is 8.64. The Labute approximate surface area is 84.6 Å². The second-order valence-electron chi connectivity index (χ2n) is 3.38. The van der Waals surface area contributed by atoms with Gasteiger partial charge in [-0.05, 0) is 13.0 Å². The maximum Gasteiger partial charge on any atom is 0.0781 e. The fourth-order valence-corrected chi connectivity index (χ4v) is 1.46. The van der Waals surface area contributed by atoms with E-state index in [-0.39, 0.29) is 6.61 Å². The third-order valence-electron chi connectivity index (χ3n) is 2.23. The molecule has 78 valence electrons. The number of nitrogens with zero attached hydrogens (tertiary/aromatic N) is 1. The van der Waals surface area contributed by atoms with Crippen LogP contribution >= 0.6 is 0 Å². The van der Waals surface area contributed by atoms with Gasteiger partial charge in [0.2, 0.25) is 0 Å². The molecular formula is C11H17NO2. The van der Waals surface area contributed by atoms with Crippen LogP contribution in [0.5, 0.6) is 0 Å². The quantitative estimate of drug-likeness (QED) is 0.758. The Kier molecular flexibility index (Phi) is 3.92. The van der Waals surface area contributed by atoms with E-state index in [1.807, 2.05) is 36.2 Å². The van der Waals surface area contributed by atoms with Gasteiger partial charge in [0.15, 0.2) is 0 Å². The molecule has 0 aliphatic carbocycles. The van der Waals surface area contributed by atoms with Crippen molar-refractivity contribution in [1.82, 2.24) is 0 Å². The zero-order valence-electron chi connectivity index (χ0n) is 8.64. The smallest absolute Gasteiger partial charge is 0.0781 e. The average molecular weight is 195 g/mol. The van der Waals surface area contributed by atoms with E-state index in [2.05, 4.69) is 0 Å². The lowest BCUT2D eigenvalue weighted by molar-refractivity contribution is 0.199. The highest BCUT2D eigenvalue weighted by molar-refractivity contribution is 5.53. The van der Waals surface area contributed by atoms with E-state index in [4.69, 9.17) is 5.11 Å². The van der Waals surface area contributed by atoms with Crippen molar-refractivity contribution in [3.8, 4) is 0 Å². The van der Waals surface area contributed by atoms with E-state index in [0.29, 0.717) is 6.54 Å². The standard InChI is InChI=1S/C11H17NO2/c1-9(14)10-5-3-4-6-11(10)12(2)7-8-13/h3-6,9,13-14H,7-8H2,1-2H3/t9-/m1/s1. The Bertz CT molecular complexity index is 286. The first-order valence-corrected chi connectivity index (χ1v) is 4.75. The summed E-state index contributed by atoms with van der Waals surface area (Å²) in [5, 5.41) is 18.4. The molecule has 0 unspecified atom stereocenters. The summed E-state index contributed by atoms with van der Waals surface area (Å²) in [6.07, 6.45) is -0.479. The highest BCUT2D eigenvalue weighted by Gasteiger charge is 2.09. The minimum Gasteiger partial charge on any atom is -0.395 e. The van der Waals surface area contributed by atoms with Gasteiger partial charge < -0.3 is 15.1 Å². The fourth-order valence-electron chi connectivity index (χ4n) is 1.46. The molecule has 0 heterocycles. The minimum absolute atomic E-state index is 0.116. The van der Waals surface area contributed by atoms with Gasteiger partial charge in [-0.25, -0.2) is 0 Å². The number of benzene rings is 1. The van der Waals surface area contributed by atoms with Crippen molar-refractivity contribution in [1.29, 1.82) is 0 Å². The molecule has 0 saturated heterocycles. The number of likely N-dealkylation sites (N-methyl/N-ethyl adjacent to an activating group) is 1. The molecule has 1 rings (SSSR count). The van der Waals surface area contributed by atoms with Gasteiger partial charge in [-0.1, -0.05) is 18.2 Å². The van der Waals surface area contributed by atoms with Crippen molar-refractivity contribution >= 4 is 5.69 Å². The van der Waals surface area contributed by atoms with Gasteiger partial charge in [0.05, 0.1) is 12.7 Å². The molecule has 1 aromatic rings. The minimum atomic E-state index is -0.479. The van der Waals surface area contributed by atoms with E-state index >= 15 is 0 Å². The van der Waals surface area contributed by atoms with Crippen LogP contribution in [0, 0.1) is 0 Å². The van der Waals surface area contributed by atoms with E-state index < -0.39 is 6.10 Å². The third kappa shape index (κ3) is 2.47. The van der Waals surface area contributed by atoms with Crippen LogP contribution in [0.4, 0.5) is 5.69 Å². The topological polar surface area (TPSA) is 43.7 Å². The average Bonchev–Trinajstić information content (AvgIpc) is 2.18. The van der Waals surface area contributed by atoms with Crippen LogP contribution in [-0.4, -0.2) is 30.4 Å². The predicted octanol–water partition coefficient (Wildman–Crippen LogP) is 1.17. The first-order chi connectivity index (χ1) is 6.66. The summed E-state index contributed by atoms with van der Waals surface area (Å²) in [7, 11) is 1.90. The molecule has 0 spiro atoms. The molecule has 1 aromatic carbocycles. The summed E-state index contributed by atoms with van der Waals surface area (Å²) in [5.41, 5.74) is 1.86. The molecule has 0 saturated carbocycles. The first kappa shape index (κ1) is 11.0. The molecule has 2 N–H and O–H groups in total. The van der Waals surface area contributed by atoms with Crippen molar-refractivity contribution in [2.75, 3.05) is 25.1 Å². The maximum atomic E-state index is 9.53. The summed E-state index contributed by atoms with van der Waals surface area (Å²) >= 11 is 0. The van der Waals surface area contributed by atoms with E-state index in [1.54, 1.807) is 6.92 Å². The zero-order chi connectivity index (χ0) is 10.6. The van der Waals surface area contributed by atoms with Crippen molar-refractivity contribution in [3.05, 3.63) is 29.8 Å². The number of hydrogen-bond donors (Lipinski definition) is 2. The number of anilines is 1. The number of aliphatic hydroxyl groups excluding tert-OH is 2. The van der Waals surface area contributed by atoms with Crippen LogP contribution in [0.25, 0.3) is 0 Å². The molecule has 0 aliphatic rings. The van der Waals surface area contributed by atoms with Gasteiger partial charge in [-0.3, -0.25) is 0 Å². The van der Waals surface area contributed by atoms with E-state index in [9.17, 15) is 5.11 Å². The second kappa shape index (κ2) is 4.98. The number of aliphatic hydroxyl groups is 2. The SMILES string of the molecule is C[C@@H](O)c1ccccc1N(C)CCO. The van der Waals surface area contributed by atoms with Crippen LogP contribution in [0.15, 0.2) is 24.3 Å². The summed E-state index contributed by atoms with van der Waals surface area (Å²) in [6, 6.07) is 7.67. The van der Waals surface area contributed by atoms with E-state index in [0.717, 1.165) is 11.3 Å². The van der Waals surface area contributed by atoms with E-state index in [1.165, 1.54) is 0 Å². The van der Waals surface area contributed by atoms with Gasteiger partial charge in [0.1, 0.15) is 0 Å². The first-order valence-electron chi connectivity index (χ1n) is 4.75. The lowest BCUT2D eigenvalue weighted by atomic mass is 10.1. The van der Waals surface area contributed by atoms with Crippen molar-refractivity contribution in [3.63, 3.8) is 0 Å². The highest BCUT2D eigenvalue weighted by Crippen LogP contribution is 2.24.